The van der Waals surface area contributed by atoms with E-state index >= 15 is 0 Å². The number of rotatable bonds is 6. The summed E-state index contributed by atoms with van der Waals surface area (Å²) in [6, 6.07) is 21.8. The molecule has 0 atom stereocenters. The van der Waals surface area contributed by atoms with Crippen molar-refractivity contribution in [3.63, 3.8) is 0 Å². The summed E-state index contributed by atoms with van der Waals surface area (Å²) in [7, 11) is 3.23. The molecule has 0 saturated heterocycles. The number of thiazole rings is 1. The van der Waals surface area contributed by atoms with Crippen LogP contribution < -0.4 is 14.3 Å². The second-order valence-corrected chi connectivity index (χ2v) is 7.38. The summed E-state index contributed by atoms with van der Waals surface area (Å²) >= 11 is 1.48. The molecule has 0 bridgehead atoms. The maximum Gasteiger partial charge on any atom is 0.215 e. The van der Waals surface area contributed by atoms with Crippen molar-refractivity contribution in [2.45, 2.75) is 0 Å². The maximum absolute atomic E-state index is 13.1. The van der Waals surface area contributed by atoms with Crippen molar-refractivity contribution < 1.29 is 13.9 Å². The van der Waals surface area contributed by atoms with E-state index in [-0.39, 0.29) is 5.82 Å². The molecule has 1 heterocycles. The first-order valence-corrected chi connectivity index (χ1v) is 10.4. The molecule has 0 fully saturated rings. The van der Waals surface area contributed by atoms with Crippen LogP contribution in [0.2, 0.25) is 0 Å². The summed E-state index contributed by atoms with van der Waals surface area (Å²) < 4.78 is 26.0. The molecule has 31 heavy (non-hydrogen) atoms. The first kappa shape index (κ1) is 20.6. The Balaban J connectivity index is 1.81. The Hall–Kier alpha value is -3.71. The number of para-hydroxylation sites is 1. The normalized spacial score (nSPS) is 11.8. The van der Waals surface area contributed by atoms with Gasteiger partial charge in [-0.15, -0.1) is 16.4 Å². The second kappa shape index (κ2) is 9.40. The van der Waals surface area contributed by atoms with Gasteiger partial charge in [-0.05, 0) is 48.0 Å². The van der Waals surface area contributed by atoms with E-state index in [1.54, 1.807) is 32.6 Å². The molecule has 0 unspecified atom stereocenters. The highest BCUT2D eigenvalue weighted by Gasteiger charge is 2.13. The fraction of sp³-hybridized carbons (Fsp3) is 0.0833. The van der Waals surface area contributed by atoms with Gasteiger partial charge in [-0.1, -0.05) is 30.3 Å². The van der Waals surface area contributed by atoms with E-state index in [2.05, 4.69) is 10.2 Å². The summed E-state index contributed by atoms with van der Waals surface area (Å²) in [6.45, 7) is 0. The van der Waals surface area contributed by atoms with Crippen LogP contribution in [0, 0.1) is 5.82 Å². The van der Waals surface area contributed by atoms with Crippen molar-refractivity contribution in [1.29, 1.82) is 0 Å². The monoisotopic (exact) mass is 433 g/mol. The Bertz CT molecular complexity index is 1260. The second-order valence-electron chi connectivity index (χ2n) is 6.54. The molecule has 7 heteroatoms. The van der Waals surface area contributed by atoms with Crippen LogP contribution >= 0.6 is 11.3 Å². The zero-order valence-corrected chi connectivity index (χ0v) is 17.8. The van der Waals surface area contributed by atoms with Crippen molar-refractivity contribution in [3.05, 3.63) is 94.4 Å². The molecule has 0 saturated carbocycles. The molecular weight excluding hydrogens is 413 g/mol. The quantitative estimate of drug-likeness (QED) is 0.306. The van der Waals surface area contributed by atoms with Gasteiger partial charge in [0.2, 0.25) is 4.80 Å². The van der Waals surface area contributed by atoms with Crippen LogP contribution in [0.4, 0.5) is 4.39 Å². The Kier molecular flexibility index (Phi) is 6.24. The van der Waals surface area contributed by atoms with Crippen LogP contribution in [-0.2, 0) is 0 Å². The molecule has 3 aromatic carbocycles. The van der Waals surface area contributed by atoms with E-state index in [9.17, 15) is 4.39 Å². The zero-order chi connectivity index (χ0) is 21.6. The third kappa shape index (κ3) is 4.57. The first-order chi connectivity index (χ1) is 15.2. The minimum absolute atomic E-state index is 0.283. The van der Waals surface area contributed by atoms with Gasteiger partial charge in [-0.25, -0.2) is 4.39 Å². The van der Waals surface area contributed by atoms with Crippen LogP contribution in [0.15, 0.2) is 88.4 Å². The number of hydrogen-bond acceptors (Lipinski definition) is 5. The SMILES string of the molecule is COc1ccc(-c2cs/c(=N/N=C\c3ccc(F)cc3)n2-c2ccccc2)cc1OC. The largest absolute Gasteiger partial charge is 0.493 e. The molecule has 0 radical (unpaired) electrons. The van der Waals surface area contributed by atoms with Crippen LogP contribution in [0.1, 0.15) is 5.56 Å². The minimum Gasteiger partial charge on any atom is -0.493 e. The molecule has 156 valence electrons. The van der Waals surface area contributed by atoms with Crippen LogP contribution in [0.25, 0.3) is 16.9 Å². The van der Waals surface area contributed by atoms with Gasteiger partial charge >= 0.3 is 0 Å². The minimum atomic E-state index is -0.283. The number of nitrogens with zero attached hydrogens (tertiary/aromatic N) is 3. The molecule has 0 spiro atoms. The lowest BCUT2D eigenvalue weighted by Gasteiger charge is -2.12. The topological polar surface area (TPSA) is 48.1 Å². The predicted molar refractivity (Wildman–Crippen MR) is 122 cm³/mol. The smallest absolute Gasteiger partial charge is 0.215 e. The van der Waals surface area contributed by atoms with E-state index in [1.165, 1.54) is 23.5 Å². The van der Waals surface area contributed by atoms with Crippen molar-refractivity contribution in [1.82, 2.24) is 4.57 Å². The van der Waals surface area contributed by atoms with E-state index in [4.69, 9.17) is 9.47 Å². The number of hydrogen-bond donors (Lipinski definition) is 0. The lowest BCUT2D eigenvalue weighted by Crippen LogP contribution is -2.13. The summed E-state index contributed by atoms with van der Waals surface area (Å²) in [5.41, 5.74) is 3.65. The lowest BCUT2D eigenvalue weighted by molar-refractivity contribution is 0.355. The van der Waals surface area contributed by atoms with Gasteiger partial charge in [-0.3, -0.25) is 4.57 Å². The van der Waals surface area contributed by atoms with Crippen LogP contribution in [0.3, 0.4) is 0 Å². The number of ether oxygens (including phenoxy) is 2. The van der Waals surface area contributed by atoms with E-state index < -0.39 is 0 Å². The van der Waals surface area contributed by atoms with Crippen LogP contribution in [-0.4, -0.2) is 25.0 Å². The average Bonchev–Trinajstić information content (AvgIpc) is 3.24. The van der Waals surface area contributed by atoms with Gasteiger partial charge in [0, 0.05) is 16.6 Å². The Morgan fingerprint density at radius 2 is 1.65 bits per heavy atom. The molecule has 4 rings (SSSR count). The van der Waals surface area contributed by atoms with E-state index in [1.807, 2.05) is 58.5 Å². The third-order valence-corrected chi connectivity index (χ3v) is 5.44. The molecule has 0 aliphatic heterocycles. The molecule has 1 aromatic heterocycles. The number of benzene rings is 3. The van der Waals surface area contributed by atoms with Crippen molar-refractivity contribution in [2.75, 3.05) is 14.2 Å². The van der Waals surface area contributed by atoms with Gasteiger partial charge in [-0.2, -0.15) is 5.10 Å². The van der Waals surface area contributed by atoms with Crippen molar-refractivity contribution in [2.24, 2.45) is 10.2 Å². The van der Waals surface area contributed by atoms with Gasteiger partial charge in [0.15, 0.2) is 11.5 Å². The van der Waals surface area contributed by atoms with E-state index in [0.717, 1.165) is 22.5 Å². The maximum atomic E-state index is 13.1. The van der Waals surface area contributed by atoms with Crippen molar-refractivity contribution >= 4 is 17.6 Å². The summed E-state index contributed by atoms with van der Waals surface area (Å²) in [6.07, 6.45) is 1.60. The Morgan fingerprint density at radius 1 is 0.903 bits per heavy atom. The molecular formula is C24H20FN3O2S. The fourth-order valence-corrected chi connectivity index (χ4v) is 3.96. The van der Waals surface area contributed by atoms with Gasteiger partial charge in [0.05, 0.1) is 26.1 Å². The predicted octanol–water partition coefficient (Wildman–Crippen LogP) is 5.30. The Morgan fingerprint density at radius 3 is 2.35 bits per heavy atom. The highest BCUT2D eigenvalue weighted by molar-refractivity contribution is 7.07. The lowest BCUT2D eigenvalue weighted by atomic mass is 10.1. The van der Waals surface area contributed by atoms with Gasteiger partial charge < -0.3 is 9.47 Å². The summed E-state index contributed by atoms with van der Waals surface area (Å²) in [5, 5.41) is 10.7. The number of halogens is 1. The zero-order valence-electron chi connectivity index (χ0n) is 17.0. The average molecular weight is 434 g/mol. The fourth-order valence-electron chi connectivity index (χ4n) is 3.10. The van der Waals surface area contributed by atoms with E-state index in [0.29, 0.717) is 16.3 Å². The molecule has 0 N–H and O–H groups in total. The van der Waals surface area contributed by atoms with Crippen molar-refractivity contribution in [3.8, 4) is 28.4 Å². The molecule has 0 amide bonds. The summed E-state index contributed by atoms with van der Waals surface area (Å²) in [4.78, 5) is 0.703. The Labute approximate surface area is 183 Å². The van der Waals surface area contributed by atoms with Crippen LogP contribution in [0.5, 0.6) is 11.5 Å². The summed E-state index contributed by atoms with van der Waals surface area (Å²) in [5.74, 6) is 1.04. The number of aromatic nitrogens is 1. The molecule has 4 aromatic rings. The van der Waals surface area contributed by atoms with Gasteiger partial charge in [0.25, 0.3) is 0 Å². The van der Waals surface area contributed by atoms with Gasteiger partial charge in [0.1, 0.15) is 5.82 Å². The molecule has 0 aliphatic rings. The highest BCUT2D eigenvalue weighted by atomic mass is 32.1. The number of methoxy groups -OCH3 is 2. The molecule has 5 nitrogen and oxygen atoms in total. The molecule has 0 aliphatic carbocycles. The third-order valence-electron chi connectivity index (χ3n) is 4.62. The first-order valence-electron chi connectivity index (χ1n) is 9.50. The standard InChI is InChI=1S/C24H20FN3O2S/c1-29-22-13-10-18(14-23(22)30-2)21-16-31-24(28(21)20-6-4-3-5-7-20)27-26-15-17-8-11-19(25)12-9-17/h3-16H,1-2H3/b26-15-,27-24+. The highest BCUT2D eigenvalue weighted by Crippen LogP contribution is 2.33.